The van der Waals surface area contributed by atoms with Gasteiger partial charge in [-0.25, -0.2) is 0 Å². The molecule has 0 saturated carbocycles. The van der Waals surface area contributed by atoms with Crippen LogP contribution in [0.4, 0.5) is 0 Å². The highest BCUT2D eigenvalue weighted by molar-refractivity contribution is 14.1. The highest BCUT2D eigenvalue weighted by atomic mass is 127. The molecule has 1 atom stereocenters. The summed E-state index contributed by atoms with van der Waals surface area (Å²) < 4.78 is 13.2. The standard InChI is InChI=1S/C14H23IO2Si/c1-11(17-18(5,6)14(2,3)4)16-13-10-8-7-9-12(13)15/h7-11H,1-6H3. The van der Waals surface area contributed by atoms with Crippen LogP contribution < -0.4 is 4.74 Å². The Morgan fingerprint density at radius 1 is 1.17 bits per heavy atom. The van der Waals surface area contributed by atoms with E-state index in [4.69, 9.17) is 9.16 Å². The Balaban J connectivity index is 2.68. The van der Waals surface area contributed by atoms with Crippen molar-refractivity contribution in [3.63, 3.8) is 0 Å². The van der Waals surface area contributed by atoms with Crippen molar-refractivity contribution >= 4 is 30.9 Å². The number of rotatable bonds is 4. The summed E-state index contributed by atoms with van der Waals surface area (Å²) in [6.45, 7) is 13.2. The van der Waals surface area contributed by atoms with Gasteiger partial charge in [-0.3, -0.25) is 0 Å². The molecule has 18 heavy (non-hydrogen) atoms. The van der Waals surface area contributed by atoms with Crippen molar-refractivity contribution in [2.75, 3.05) is 0 Å². The van der Waals surface area contributed by atoms with E-state index in [-0.39, 0.29) is 11.3 Å². The molecule has 0 saturated heterocycles. The van der Waals surface area contributed by atoms with Crippen molar-refractivity contribution < 1.29 is 9.16 Å². The normalized spacial score (nSPS) is 14.4. The molecule has 0 aliphatic rings. The molecule has 0 radical (unpaired) electrons. The van der Waals surface area contributed by atoms with Gasteiger partial charge in [-0.05, 0) is 59.8 Å². The summed E-state index contributed by atoms with van der Waals surface area (Å²) in [7, 11) is -1.77. The first kappa shape index (κ1) is 16.0. The van der Waals surface area contributed by atoms with Gasteiger partial charge in [-0.15, -0.1) is 0 Å². The number of halogens is 1. The van der Waals surface area contributed by atoms with Crippen molar-refractivity contribution in [3.8, 4) is 5.75 Å². The second kappa shape index (κ2) is 5.92. The first-order valence-corrected chi connectivity index (χ1v) is 10.2. The van der Waals surface area contributed by atoms with E-state index in [9.17, 15) is 0 Å². The second-order valence-corrected chi connectivity index (χ2v) is 11.9. The quantitative estimate of drug-likeness (QED) is 0.415. The van der Waals surface area contributed by atoms with Gasteiger partial charge in [-0.2, -0.15) is 0 Å². The van der Waals surface area contributed by atoms with Gasteiger partial charge >= 0.3 is 0 Å². The lowest BCUT2D eigenvalue weighted by Crippen LogP contribution is -2.44. The Bertz CT molecular complexity index is 399. The lowest BCUT2D eigenvalue weighted by molar-refractivity contribution is 0.00989. The van der Waals surface area contributed by atoms with Crippen LogP contribution in [0.3, 0.4) is 0 Å². The molecule has 0 fully saturated rings. The van der Waals surface area contributed by atoms with Crippen LogP contribution in [0.5, 0.6) is 5.75 Å². The summed E-state index contributed by atoms with van der Waals surface area (Å²) in [5.74, 6) is 0.893. The number of hydrogen-bond acceptors (Lipinski definition) is 2. The van der Waals surface area contributed by atoms with Crippen molar-refractivity contribution in [1.29, 1.82) is 0 Å². The van der Waals surface area contributed by atoms with Gasteiger partial charge in [0.25, 0.3) is 0 Å². The molecule has 1 aromatic rings. The zero-order chi connectivity index (χ0) is 14.0. The fourth-order valence-electron chi connectivity index (χ4n) is 1.33. The lowest BCUT2D eigenvalue weighted by atomic mass is 10.2. The third-order valence-electron chi connectivity index (χ3n) is 3.40. The van der Waals surface area contributed by atoms with Crippen LogP contribution in [-0.4, -0.2) is 14.6 Å². The maximum atomic E-state index is 6.17. The van der Waals surface area contributed by atoms with Crippen molar-refractivity contribution in [2.24, 2.45) is 0 Å². The number of para-hydroxylation sites is 1. The Hall–Kier alpha value is -0.0731. The van der Waals surface area contributed by atoms with Gasteiger partial charge in [0, 0.05) is 0 Å². The van der Waals surface area contributed by atoms with Gasteiger partial charge in [0.05, 0.1) is 3.57 Å². The highest BCUT2D eigenvalue weighted by Gasteiger charge is 2.38. The predicted molar refractivity (Wildman–Crippen MR) is 87.5 cm³/mol. The number of ether oxygens (including phenoxy) is 1. The Labute approximate surface area is 125 Å². The van der Waals surface area contributed by atoms with Gasteiger partial charge in [0.2, 0.25) is 0 Å². The molecule has 0 aromatic heterocycles. The molecule has 0 heterocycles. The van der Waals surface area contributed by atoms with E-state index < -0.39 is 8.32 Å². The summed E-state index contributed by atoms with van der Waals surface area (Å²) in [6.07, 6.45) is -0.207. The highest BCUT2D eigenvalue weighted by Crippen LogP contribution is 2.37. The van der Waals surface area contributed by atoms with Gasteiger partial charge in [0.15, 0.2) is 14.6 Å². The van der Waals surface area contributed by atoms with E-state index in [2.05, 4.69) is 56.5 Å². The third-order valence-corrected chi connectivity index (χ3v) is 8.82. The van der Waals surface area contributed by atoms with Gasteiger partial charge < -0.3 is 9.16 Å². The second-order valence-electron chi connectivity index (χ2n) is 5.99. The van der Waals surface area contributed by atoms with Crippen LogP contribution in [0.15, 0.2) is 24.3 Å². The maximum absolute atomic E-state index is 6.17. The van der Waals surface area contributed by atoms with E-state index >= 15 is 0 Å². The molecule has 1 unspecified atom stereocenters. The molecule has 1 aromatic carbocycles. The SMILES string of the molecule is CC(Oc1ccccc1I)O[Si](C)(C)C(C)(C)C. The van der Waals surface area contributed by atoms with E-state index in [1.54, 1.807) is 0 Å². The van der Waals surface area contributed by atoms with Crippen LogP contribution in [0.1, 0.15) is 27.7 Å². The molecule has 2 nitrogen and oxygen atoms in total. The zero-order valence-electron chi connectivity index (χ0n) is 12.1. The molecule has 0 aliphatic heterocycles. The molecule has 1 rings (SSSR count). The Morgan fingerprint density at radius 3 is 2.22 bits per heavy atom. The third kappa shape index (κ3) is 4.24. The van der Waals surface area contributed by atoms with Crippen LogP contribution in [0, 0.1) is 3.57 Å². The summed E-state index contributed by atoms with van der Waals surface area (Å²) in [6, 6.07) is 8.01. The van der Waals surface area contributed by atoms with E-state index in [0.717, 1.165) is 9.32 Å². The molecule has 0 spiro atoms. The largest absolute Gasteiger partial charge is 0.465 e. The number of benzene rings is 1. The number of hydrogen-bond donors (Lipinski definition) is 0. The first-order chi connectivity index (χ1) is 8.13. The van der Waals surface area contributed by atoms with Gasteiger partial charge in [0.1, 0.15) is 5.75 Å². The molecular formula is C14H23IO2Si. The smallest absolute Gasteiger partial charge is 0.196 e. The van der Waals surface area contributed by atoms with Crippen LogP contribution >= 0.6 is 22.6 Å². The fraction of sp³-hybridized carbons (Fsp3) is 0.571. The molecule has 0 bridgehead atoms. The minimum Gasteiger partial charge on any atom is -0.465 e. The Morgan fingerprint density at radius 2 is 1.72 bits per heavy atom. The minimum absolute atomic E-state index is 0.203. The maximum Gasteiger partial charge on any atom is 0.196 e. The molecule has 0 aliphatic carbocycles. The summed E-state index contributed by atoms with van der Waals surface area (Å²) in [5, 5.41) is 0.203. The van der Waals surface area contributed by atoms with E-state index in [0.29, 0.717) is 0 Å². The van der Waals surface area contributed by atoms with Crippen molar-refractivity contribution in [1.82, 2.24) is 0 Å². The van der Waals surface area contributed by atoms with Crippen LogP contribution in [0.25, 0.3) is 0 Å². The minimum atomic E-state index is -1.77. The zero-order valence-corrected chi connectivity index (χ0v) is 15.2. The van der Waals surface area contributed by atoms with Crippen LogP contribution in [-0.2, 0) is 4.43 Å². The van der Waals surface area contributed by atoms with E-state index in [1.807, 2.05) is 31.2 Å². The summed E-state index contributed by atoms with van der Waals surface area (Å²) in [5.41, 5.74) is 0. The monoisotopic (exact) mass is 378 g/mol. The topological polar surface area (TPSA) is 18.5 Å². The lowest BCUT2D eigenvalue weighted by Gasteiger charge is -2.38. The molecular weight excluding hydrogens is 355 g/mol. The first-order valence-electron chi connectivity index (χ1n) is 6.22. The molecule has 102 valence electrons. The fourth-order valence-corrected chi connectivity index (χ4v) is 3.08. The van der Waals surface area contributed by atoms with Gasteiger partial charge in [-0.1, -0.05) is 32.9 Å². The van der Waals surface area contributed by atoms with Crippen LogP contribution in [0.2, 0.25) is 18.1 Å². The Kier molecular flexibility index (Phi) is 5.26. The van der Waals surface area contributed by atoms with Crippen molar-refractivity contribution in [3.05, 3.63) is 27.8 Å². The molecule has 0 N–H and O–H groups in total. The molecule has 4 heteroatoms. The summed E-state index contributed by atoms with van der Waals surface area (Å²) in [4.78, 5) is 0. The predicted octanol–water partition coefficient (Wildman–Crippen LogP) is 5.04. The summed E-state index contributed by atoms with van der Waals surface area (Å²) >= 11 is 2.28. The van der Waals surface area contributed by atoms with E-state index in [1.165, 1.54) is 0 Å². The molecule has 0 amide bonds. The average molecular weight is 378 g/mol. The van der Waals surface area contributed by atoms with Crippen molar-refractivity contribution in [2.45, 2.75) is 52.1 Å². The average Bonchev–Trinajstić information content (AvgIpc) is 2.19.